The van der Waals surface area contributed by atoms with Crippen molar-refractivity contribution >= 4 is 17.9 Å². The van der Waals surface area contributed by atoms with E-state index in [1.807, 2.05) is 0 Å². The van der Waals surface area contributed by atoms with Crippen molar-refractivity contribution in [3.8, 4) is 0 Å². The fraction of sp³-hybridized carbons (Fsp3) is 0.444. The van der Waals surface area contributed by atoms with E-state index in [4.69, 9.17) is 10.5 Å². The molecule has 2 aromatic carbocycles. The number of benzene rings is 2. The average molecular weight is 551 g/mol. The van der Waals surface area contributed by atoms with Crippen molar-refractivity contribution in [1.29, 1.82) is 0 Å². The van der Waals surface area contributed by atoms with Crippen molar-refractivity contribution in [2.24, 2.45) is 5.73 Å². The van der Waals surface area contributed by atoms with Crippen LogP contribution in [0.2, 0.25) is 0 Å². The molecule has 2 aliphatic heterocycles. The molecule has 2 aromatic rings. The molecule has 3 amide bonds. The first-order valence-electron chi connectivity index (χ1n) is 12.6. The lowest BCUT2D eigenvalue weighted by Crippen LogP contribution is -2.71. The van der Waals surface area contributed by atoms with Crippen LogP contribution >= 0.6 is 0 Å². The monoisotopic (exact) mass is 550 g/mol. The first-order chi connectivity index (χ1) is 18.5. The highest BCUT2D eigenvalue weighted by Crippen LogP contribution is 2.32. The van der Waals surface area contributed by atoms with Gasteiger partial charge in [0.05, 0.1) is 12.1 Å². The molecule has 0 aliphatic carbocycles. The van der Waals surface area contributed by atoms with Crippen LogP contribution in [0.5, 0.6) is 0 Å². The first kappa shape index (κ1) is 28.3. The van der Waals surface area contributed by atoms with Gasteiger partial charge in [0.1, 0.15) is 24.6 Å². The van der Waals surface area contributed by atoms with Crippen molar-refractivity contribution in [2.45, 2.75) is 57.7 Å². The van der Waals surface area contributed by atoms with Crippen LogP contribution in [0.1, 0.15) is 41.5 Å². The molecule has 2 heterocycles. The maximum Gasteiger partial charge on any atom is 0.416 e. The number of hydrogen-bond acceptors (Lipinski definition) is 5. The fourth-order valence-electron chi connectivity index (χ4n) is 5.09. The van der Waals surface area contributed by atoms with E-state index in [0.717, 1.165) is 12.1 Å². The van der Waals surface area contributed by atoms with E-state index in [1.165, 1.54) is 39.8 Å². The van der Waals surface area contributed by atoms with Gasteiger partial charge in [0.15, 0.2) is 0 Å². The topological polar surface area (TPSA) is 96.2 Å². The molecule has 0 bridgehead atoms. The van der Waals surface area contributed by atoms with Crippen molar-refractivity contribution in [3.05, 3.63) is 70.5 Å². The minimum atomic E-state index is -4.55. The van der Waals surface area contributed by atoms with Gasteiger partial charge in [-0.1, -0.05) is 29.8 Å². The molecule has 0 aromatic heterocycles. The molecule has 12 heteroatoms. The minimum Gasteiger partial charge on any atom is -0.444 e. The summed E-state index contributed by atoms with van der Waals surface area (Å²) in [6, 6.07) is 8.54. The van der Waals surface area contributed by atoms with Crippen molar-refractivity contribution in [2.75, 3.05) is 19.6 Å². The number of nitrogens with zero attached hydrogens (tertiary/aromatic N) is 3. The van der Waals surface area contributed by atoms with E-state index in [9.17, 15) is 31.9 Å². The molecule has 0 spiro atoms. The lowest BCUT2D eigenvalue weighted by atomic mass is 9.99. The average Bonchev–Trinajstić information content (AvgIpc) is 2.88. The zero-order valence-corrected chi connectivity index (χ0v) is 21.4. The summed E-state index contributed by atoms with van der Waals surface area (Å²) in [5.74, 6) is -1.16. The van der Waals surface area contributed by atoms with Crippen molar-refractivity contribution in [1.82, 2.24) is 14.7 Å². The highest BCUT2D eigenvalue weighted by atomic mass is 19.4. The third-order valence-corrected chi connectivity index (χ3v) is 6.91. The molecule has 8 nitrogen and oxygen atoms in total. The second kappa shape index (κ2) is 11.6. The number of amides is 3. The summed E-state index contributed by atoms with van der Waals surface area (Å²) in [4.78, 5) is 43.7. The number of fused-ring (bicyclic) bond motifs is 1. The van der Waals surface area contributed by atoms with E-state index in [2.05, 4.69) is 0 Å². The Morgan fingerprint density at radius 2 is 1.90 bits per heavy atom. The summed E-state index contributed by atoms with van der Waals surface area (Å²) >= 11 is 0. The van der Waals surface area contributed by atoms with Gasteiger partial charge in [0, 0.05) is 25.1 Å². The summed E-state index contributed by atoms with van der Waals surface area (Å²) < 4.78 is 59.4. The van der Waals surface area contributed by atoms with E-state index in [1.54, 1.807) is 12.1 Å². The summed E-state index contributed by atoms with van der Waals surface area (Å²) in [6.45, 7) is 1.26. The van der Waals surface area contributed by atoms with Gasteiger partial charge in [0.25, 0.3) is 0 Å². The van der Waals surface area contributed by atoms with Gasteiger partial charge in [-0.25, -0.2) is 9.18 Å². The Balaban J connectivity index is 1.56. The van der Waals surface area contributed by atoms with Gasteiger partial charge in [-0.3, -0.25) is 14.5 Å². The van der Waals surface area contributed by atoms with Crippen LogP contribution < -0.4 is 5.73 Å². The number of carbonyl (C=O) groups excluding carboxylic acids is 3. The van der Waals surface area contributed by atoms with Crippen LogP contribution in [0.15, 0.2) is 42.5 Å². The van der Waals surface area contributed by atoms with Crippen LogP contribution in [0.25, 0.3) is 0 Å². The molecule has 0 saturated carbocycles. The third kappa shape index (κ3) is 6.32. The van der Waals surface area contributed by atoms with Crippen molar-refractivity contribution in [3.63, 3.8) is 0 Å². The molecule has 0 radical (unpaired) electrons. The minimum absolute atomic E-state index is 0.00574. The smallest absolute Gasteiger partial charge is 0.416 e. The lowest BCUT2D eigenvalue weighted by Gasteiger charge is -2.51. The van der Waals surface area contributed by atoms with Gasteiger partial charge < -0.3 is 20.3 Å². The largest absolute Gasteiger partial charge is 0.444 e. The Morgan fingerprint density at radius 1 is 1.15 bits per heavy atom. The number of nitrogens with two attached hydrogens (primary N) is 1. The molecular formula is C27H30F4N4O4. The van der Waals surface area contributed by atoms with E-state index in [0.29, 0.717) is 12.0 Å². The second-order valence-corrected chi connectivity index (χ2v) is 9.74. The van der Waals surface area contributed by atoms with Gasteiger partial charge in [-0.05, 0) is 50.1 Å². The molecule has 210 valence electrons. The highest BCUT2D eigenvalue weighted by Gasteiger charge is 2.49. The van der Waals surface area contributed by atoms with Crippen LogP contribution in [0.3, 0.4) is 0 Å². The van der Waals surface area contributed by atoms with Crippen LogP contribution in [0.4, 0.5) is 22.4 Å². The molecule has 39 heavy (non-hydrogen) atoms. The van der Waals surface area contributed by atoms with Crippen LogP contribution in [0, 0.1) is 12.7 Å². The van der Waals surface area contributed by atoms with E-state index < -0.39 is 42.5 Å². The number of ether oxygens (including phenoxy) is 1. The second-order valence-electron chi connectivity index (χ2n) is 9.74. The van der Waals surface area contributed by atoms with Crippen LogP contribution in [-0.4, -0.2) is 64.4 Å². The number of piperazine rings is 1. The Bertz CT molecular complexity index is 1240. The molecule has 0 unspecified atom stereocenters. The third-order valence-electron chi connectivity index (χ3n) is 6.91. The van der Waals surface area contributed by atoms with E-state index in [-0.39, 0.29) is 62.0 Å². The predicted molar refractivity (Wildman–Crippen MR) is 132 cm³/mol. The zero-order chi connectivity index (χ0) is 28.3. The Kier molecular flexibility index (Phi) is 8.43. The van der Waals surface area contributed by atoms with Gasteiger partial charge in [-0.2, -0.15) is 13.2 Å². The quantitative estimate of drug-likeness (QED) is 0.530. The Morgan fingerprint density at radius 3 is 2.59 bits per heavy atom. The number of aryl methyl sites for hydroxylation is 1. The number of hydrogen-bond donors (Lipinski definition) is 1. The molecular weight excluding hydrogens is 520 g/mol. The fourth-order valence-corrected chi connectivity index (χ4v) is 5.09. The number of rotatable bonds is 7. The van der Waals surface area contributed by atoms with Crippen molar-refractivity contribution < 1.29 is 36.7 Å². The summed E-state index contributed by atoms with van der Waals surface area (Å²) in [7, 11) is 0. The van der Waals surface area contributed by atoms with E-state index >= 15 is 0 Å². The Labute approximate surface area is 223 Å². The number of alkyl halides is 3. The standard InChI is InChI=1S/C27H30F4N4O4/c1-17-11-18(13-20(12-17)27(29,30)31)16-39-26(38)34-10-8-24(36)35-22(7-4-9-32)25(37)33(15-23(34)35)14-19-5-2-3-6-21(19)28/h2-3,5-6,11-13,22-23H,4,7-10,14-16,32H2,1H3/t22-,23+/m0/s1. The molecule has 2 aliphatic rings. The molecule has 2 saturated heterocycles. The Hall–Kier alpha value is -3.67. The number of carbonyl (C=O) groups is 3. The highest BCUT2D eigenvalue weighted by molar-refractivity contribution is 5.90. The number of halogens is 4. The normalized spacial score (nSPS) is 19.8. The summed E-state index contributed by atoms with van der Waals surface area (Å²) in [6.07, 6.45) is -5.60. The lowest BCUT2D eigenvalue weighted by molar-refractivity contribution is -0.169. The first-order valence-corrected chi connectivity index (χ1v) is 12.6. The maximum atomic E-state index is 14.4. The molecule has 2 atom stereocenters. The zero-order valence-electron chi connectivity index (χ0n) is 21.4. The molecule has 4 rings (SSSR count). The van der Waals surface area contributed by atoms with Gasteiger partial charge >= 0.3 is 12.3 Å². The van der Waals surface area contributed by atoms with Gasteiger partial charge in [-0.15, -0.1) is 0 Å². The predicted octanol–water partition coefficient (Wildman–Crippen LogP) is 3.80. The SMILES string of the molecule is Cc1cc(COC(=O)N2CCC(=O)N3[C@@H]2CN(Cc2ccccc2F)C(=O)[C@@H]3CCCN)cc(C(F)(F)F)c1. The molecule has 2 fully saturated rings. The maximum absolute atomic E-state index is 14.4. The van der Waals surface area contributed by atoms with Gasteiger partial charge in [0.2, 0.25) is 11.8 Å². The summed E-state index contributed by atoms with van der Waals surface area (Å²) in [5.41, 5.74) is 5.63. The van der Waals surface area contributed by atoms with Crippen LogP contribution in [-0.2, 0) is 33.7 Å². The summed E-state index contributed by atoms with van der Waals surface area (Å²) in [5, 5.41) is 0. The molecule has 2 N–H and O–H groups in total.